The summed E-state index contributed by atoms with van der Waals surface area (Å²) >= 11 is 9.28. The number of carbonyl (C=O) groups is 1. The van der Waals surface area contributed by atoms with E-state index in [1.165, 1.54) is 0 Å². The molecule has 0 unspecified atom stereocenters. The zero-order valence-corrected chi connectivity index (χ0v) is 14.1. The third-order valence-electron chi connectivity index (χ3n) is 2.98. The van der Waals surface area contributed by atoms with Crippen LogP contribution >= 0.6 is 27.5 Å². The van der Waals surface area contributed by atoms with Gasteiger partial charge in [-0.05, 0) is 61.9 Å². The second-order valence-corrected chi connectivity index (χ2v) is 6.08. The van der Waals surface area contributed by atoms with Crippen molar-refractivity contribution in [2.75, 3.05) is 5.32 Å². The average Bonchev–Trinajstić information content (AvgIpc) is 2.43. The van der Waals surface area contributed by atoms with Crippen molar-refractivity contribution in [3.8, 4) is 0 Å². The molecule has 1 N–H and O–H groups in total. The predicted molar refractivity (Wildman–Crippen MR) is 92.0 cm³/mol. The van der Waals surface area contributed by atoms with Crippen molar-refractivity contribution in [3.63, 3.8) is 0 Å². The van der Waals surface area contributed by atoms with Crippen molar-refractivity contribution in [2.24, 2.45) is 0 Å². The van der Waals surface area contributed by atoms with Crippen molar-refractivity contribution < 1.29 is 4.79 Å². The lowest BCUT2D eigenvalue weighted by Gasteiger charge is -2.08. The third-order valence-corrected chi connectivity index (χ3v) is 4.12. The van der Waals surface area contributed by atoms with Crippen LogP contribution in [0, 0.1) is 6.92 Å². The molecule has 4 heteroatoms. The monoisotopic (exact) mass is 363 g/mol. The first-order chi connectivity index (χ1) is 9.95. The van der Waals surface area contributed by atoms with Gasteiger partial charge in [0.05, 0.1) is 0 Å². The average molecular weight is 365 g/mol. The highest BCUT2D eigenvalue weighted by Gasteiger charge is 2.04. The first-order valence-corrected chi connectivity index (χ1v) is 7.64. The summed E-state index contributed by atoms with van der Waals surface area (Å²) in [4.78, 5) is 12.1. The molecule has 0 bridgehead atoms. The summed E-state index contributed by atoms with van der Waals surface area (Å²) in [5.41, 5.74) is 3.49. The van der Waals surface area contributed by atoms with E-state index in [4.69, 9.17) is 11.6 Å². The molecular formula is C17H15BrClNO. The first-order valence-electron chi connectivity index (χ1n) is 6.47. The van der Waals surface area contributed by atoms with E-state index in [0.717, 1.165) is 21.4 Å². The normalized spacial score (nSPS) is 11.3. The van der Waals surface area contributed by atoms with Gasteiger partial charge in [-0.2, -0.15) is 0 Å². The Balaban J connectivity index is 2.11. The number of rotatable bonds is 4. The number of anilines is 1. The number of hydrogen-bond donors (Lipinski definition) is 1. The number of halogens is 2. The van der Waals surface area contributed by atoms with Gasteiger partial charge in [0.2, 0.25) is 0 Å². The van der Waals surface area contributed by atoms with Gasteiger partial charge >= 0.3 is 0 Å². The van der Waals surface area contributed by atoms with Crippen LogP contribution in [-0.4, -0.2) is 5.78 Å². The maximum atomic E-state index is 12.1. The number of carbonyl (C=O) groups excluding carboxylic acids is 1. The summed E-state index contributed by atoms with van der Waals surface area (Å²) in [6, 6.07) is 12.8. The summed E-state index contributed by atoms with van der Waals surface area (Å²) in [7, 11) is 0. The summed E-state index contributed by atoms with van der Waals surface area (Å²) in [6.07, 6.45) is 1.58. The minimum Gasteiger partial charge on any atom is -0.359 e. The Hall–Kier alpha value is -1.58. The highest BCUT2D eigenvalue weighted by molar-refractivity contribution is 9.10. The molecule has 0 aliphatic carbocycles. The molecule has 108 valence electrons. The van der Waals surface area contributed by atoms with Crippen molar-refractivity contribution in [1.82, 2.24) is 0 Å². The van der Waals surface area contributed by atoms with E-state index in [-0.39, 0.29) is 5.78 Å². The zero-order valence-electron chi connectivity index (χ0n) is 11.8. The van der Waals surface area contributed by atoms with E-state index >= 15 is 0 Å². The molecule has 0 aliphatic rings. The number of benzene rings is 2. The molecule has 0 spiro atoms. The lowest BCUT2D eigenvalue weighted by Crippen LogP contribution is -2.01. The molecule has 2 aromatic carbocycles. The van der Waals surface area contributed by atoms with Gasteiger partial charge in [0.1, 0.15) is 0 Å². The lowest BCUT2D eigenvalue weighted by atomic mass is 10.1. The van der Waals surface area contributed by atoms with Gasteiger partial charge < -0.3 is 5.32 Å². The Morgan fingerprint density at radius 1 is 1.19 bits per heavy atom. The molecule has 0 heterocycles. The predicted octanol–water partition coefficient (Wildman–Crippen LogP) is 5.61. The fourth-order valence-electron chi connectivity index (χ4n) is 1.88. The third kappa shape index (κ3) is 4.45. The molecule has 21 heavy (non-hydrogen) atoms. The molecule has 2 rings (SSSR count). The van der Waals surface area contributed by atoms with Crippen LogP contribution < -0.4 is 5.32 Å². The molecule has 2 aromatic rings. The zero-order chi connectivity index (χ0) is 15.4. The van der Waals surface area contributed by atoms with Crippen molar-refractivity contribution in [3.05, 3.63) is 74.9 Å². The number of hydrogen-bond acceptors (Lipinski definition) is 2. The highest BCUT2D eigenvalue weighted by Crippen LogP contribution is 2.21. The van der Waals surface area contributed by atoms with Crippen LogP contribution in [0.25, 0.3) is 0 Å². The number of ketones is 1. The summed E-state index contributed by atoms with van der Waals surface area (Å²) < 4.78 is 1.06. The van der Waals surface area contributed by atoms with Crippen molar-refractivity contribution in [1.29, 1.82) is 0 Å². The van der Waals surface area contributed by atoms with E-state index in [1.54, 1.807) is 30.3 Å². The SMILES string of the molecule is CC(=CC(=O)c1ccc(Cl)cc1)Nc1ccc(Br)c(C)c1. The molecule has 2 nitrogen and oxygen atoms in total. The second kappa shape index (κ2) is 6.92. The summed E-state index contributed by atoms with van der Waals surface area (Å²) in [5, 5.41) is 3.84. The van der Waals surface area contributed by atoms with Crippen LogP contribution in [0.1, 0.15) is 22.8 Å². The Kier molecular flexibility index (Phi) is 5.21. The Morgan fingerprint density at radius 3 is 2.48 bits per heavy atom. The van der Waals surface area contributed by atoms with Gasteiger partial charge in [-0.25, -0.2) is 0 Å². The van der Waals surface area contributed by atoms with Crippen LogP contribution in [0.15, 0.2) is 58.7 Å². The van der Waals surface area contributed by atoms with Gasteiger partial charge in [0, 0.05) is 32.5 Å². The number of aryl methyl sites for hydroxylation is 1. The Bertz CT molecular complexity index is 692. The van der Waals surface area contributed by atoms with Gasteiger partial charge in [0.15, 0.2) is 5.78 Å². The van der Waals surface area contributed by atoms with E-state index in [1.807, 2.05) is 32.0 Å². The van der Waals surface area contributed by atoms with Gasteiger partial charge in [-0.3, -0.25) is 4.79 Å². The van der Waals surface area contributed by atoms with E-state index in [2.05, 4.69) is 21.2 Å². The van der Waals surface area contributed by atoms with Crippen LogP contribution in [0.2, 0.25) is 5.02 Å². The van der Waals surface area contributed by atoms with E-state index < -0.39 is 0 Å². The van der Waals surface area contributed by atoms with Crippen LogP contribution in [0.4, 0.5) is 5.69 Å². The maximum Gasteiger partial charge on any atom is 0.187 e. The standard InChI is InChI=1S/C17H15BrClNO/c1-11-9-15(7-8-16(11)18)20-12(2)10-17(21)13-3-5-14(19)6-4-13/h3-10,20H,1-2H3. The number of allylic oxidation sites excluding steroid dienone is 2. The van der Waals surface area contributed by atoms with Gasteiger partial charge in [-0.1, -0.05) is 27.5 Å². The van der Waals surface area contributed by atoms with Crippen molar-refractivity contribution in [2.45, 2.75) is 13.8 Å². The molecule has 0 fully saturated rings. The van der Waals surface area contributed by atoms with Gasteiger partial charge in [-0.15, -0.1) is 0 Å². The van der Waals surface area contributed by atoms with Crippen molar-refractivity contribution >= 4 is 39.0 Å². The highest BCUT2D eigenvalue weighted by atomic mass is 79.9. The summed E-state index contributed by atoms with van der Waals surface area (Å²) in [5.74, 6) is -0.0505. The second-order valence-electron chi connectivity index (χ2n) is 4.79. The van der Waals surface area contributed by atoms with Crippen LogP contribution in [0.3, 0.4) is 0 Å². The topological polar surface area (TPSA) is 29.1 Å². The van der Waals surface area contributed by atoms with Crippen LogP contribution in [-0.2, 0) is 0 Å². The maximum absolute atomic E-state index is 12.1. The van der Waals surface area contributed by atoms with Gasteiger partial charge in [0.25, 0.3) is 0 Å². The minimum absolute atomic E-state index is 0.0505. The Labute approximate surface area is 138 Å². The fourth-order valence-corrected chi connectivity index (χ4v) is 2.25. The van der Waals surface area contributed by atoms with E-state index in [9.17, 15) is 4.79 Å². The molecule has 0 saturated carbocycles. The smallest absolute Gasteiger partial charge is 0.187 e. The quantitative estimate of drug-likeness (QED) is 0.564. The molecule has 0 radical (unpaired) electrons. The first kappa shape index (κ1) is 15.8. The molecule has 0 aliphatic heterocycles. The summed E-state index contributed by atoms with van der Waals surface area (Å²) in [6.45, 7) is 3.89. The molecule has 0 saturated heterocycles. The Morgan fingerprint density at radius 2 is 1.86 bits per heavy atom. The fraction of sp³-hybridized carbons (Fsp3) is 0.118. The molecular weight excluding hydrogens is 350 g/mol. The lowest BCUT2D eigenvalue weighted by molar-refractivity contribution is 0.104. The molecule has 0 amide bonds. The number of nitrogens with one attached hydrogen (secondary N) is 1. The largest absolute Gasteiger partial charge is 0.359 e. The minimum atomic E-state index is -0.0505. The molecule has 0 aromatic heterocycles. The molecule has 0 atom stereocenters. The van der Waals surface area contributed by atoms with E-state index in [0.29, 0.717) is 10.6 Å². The van der Waals surface area contributed by atoms with Crippen LogP contribution in [0.5, 0.6) is 0 Å².